The third-order valence-electron chi connectivity index (χ3n) is 4.57. The number of nitrogens with one attached hydrogen (secondary N) is 1. The Morgan fingerprint density at radius 1 is 1.10 bits per heavy atom. The summed E-state index contributed by atoms with van der Waals surface area (Å²) in [5, 5.41) is 3.44. The zero-order valence-corrected chi connectivity index (χ0v) is 12.8. The number of hydrogen-bond donors (Lipinski definition) is 1. The van der Waals surface area contributed by atoms with Crippen LogP contribution in [0.2, 0.25) is 0 Å². The Labute approximate surface area is 120 Å². The lowest BCUT2D eigenvalue weighted by atomic mass is 9.55. The third-order valence-corrected chi connectivity index (χ3v) is 4.57. The number of halogens is 2. The van der Waals surface area contributed by atoms with Crippen LogP contribution in [-0.2, 0) is 5.41 Å². The van der Waals surface area contributed by atoms with E-state index in [1.54, 1.807) is 0 Å². The van der Waals surface area contributed by atoms with Crippen LogP contribution in [0.5, 0.6) is 0 Å². The minimum Gasteiger partial charge on any atom is -0.314 e. The highest BCUT2D eigenvalue weighted by Crippen LogP contribution is 2.50. The first-order valence-corrected chi connectivity index (χ1v) is 7.52. The summed E-state index contributed by atoms with van der Waals surface area (Å²) in [6.07, 6.45) is 2.01. The SMILES string of the molecule is CC(C)NCC1(c2cc(F)cc(F)c2)CC(C(C)C)C1. The van der Waals surface area contributed by atoms with Gasteiger partial charge in [-0.3, -0.25) is 0 Å². The zero-order valence-electron chi connectivity index (χ0n) is 12.8. The van der Waals surface area contributed by atoms with Crippen molar-refractivity contribution in [1.29, 1.82) is 0 Å². The van der Waals surface area contributed by atoms with E-state index in [1.807, 2.05) is 0 Å². The van der Waals surface area contributed by atoms with Crippen LogP contribution in [0.15, 0.2) is 18.2 Å². The minimum absolute atomic E-state index is 0.109. The van der Waals surface area contributed by atoms with Crippen molar-refractivity contribution in [3.8, 4) is 0 Å². The minimum atomic E-state index is -0.475. The molecule has 1 aromatic rings. The summed E-state index contributed by atoms with van der Waals surface area (Å²) in [6, 6.07) is 4.33. The molecule has 0 radical (unpaired) electrons. The van der Waals surface area contributed by atoms with Crippen LogP contribution >= 0.6 is 0 Å². The summed E-state index contributed by atoms with van der Waals surface area (Å²) in [5.74, 6) is 0.324. The van der Waals surface area contributed by atoms with Gasteiger partial charge in [-0.25, -0.2) is 8.78 Å². The van der Waals surface area contributed by atoms with Crippen molar-refractivity contribution in [2.24, 2.45) is 11.8 Å². The summed E-state index contributed by atoms with van der Waals surface area (Å²) in [4.78, 5) is 0. The lowest BCUT2D eigenvalue weighted by molar-refractivity contribution is 0.0953. The normalized spacial score (nSPS) is 26.1. The summed E-state index contributed by atoms with van der Waals surface area (Å²) < 4.78 is 27.0. The molecule has 3 heteroatoms. The molecule has 0 bridgehead atoms. The zero-order chi connectivity index (χ0) is 14.9. The Balaban J connectivity index is 2.23. The van der Waals surface area contributed by atoms with Crippen molar-refractivity contribution in [2.45, 2.75) is 52.0 Å². The monoisotopic (exact) mass is 281 g/mol. The molecule has 0 aromatic heterocycles. The molecule has 1 aromatic carbocycles. The van der Waals surface area contributed by atoms with Gasteiger partial charge in [-0.1, -0.05) is 27.7 Å². The van der Waals surface area contributed by atoms with Gasteiger partial charge in [-0.05, 0) is 42.4 Å². The van der Waals surface area contributed by atoms with Crippen molar-refractivity contribution in [1.82, 2.24) is 5.32 Å². The van der Waals surface area contributed by atoms with Crippen LogP contribution in [0, 0.1) is 23.5 Å². The summed E-state index contributed by atoms with van der Waals surface area (Å²) in [6.45, 7) is 9.42. The Hall–Kier alpha value is -0.960. The Bertz CT molecular complexity index is 436. The van der Waals surface area contributed by atoms with Crippen molar-refractivity contribution in [2.75, 3.05) is 6.54 Å². The van der Waals surface area contributed by atoms with Gasteiger partial charge in [0.15, 0.2) is 0 Å². The predicted molar refractivity (Wildman–Crippen MR) is 78.7 cm³/mol. The maximum absolute atomic E-state index is 13.5. The maximum Gasteiger partial charge on any atom is 0.126 e. The van der Waals surface area contributed by atoms with Crippen LogP contribution < -0.4 is 5.32 Å². The molecular formula is C17H25F2N. The van der Waals surface area contributed by atoms with Gasteiger partial charge in [0.2, 0.25) is 0 Å². The van der Waals surface area contributed by atoms with E-state index in [0.717, 1.165) is 31.0 Å². The van der Waals surface area contributed by atoms with E-state index >= 15 is 0 Å². The van der Waals surface area contributed by atoms with E-state index in [9.17, 15) is 8.78 Å². The molecule has 0 heterocycles. The molecule has 0 aliphatic heterocycles. The quantitative estimate of drug-likeness (QED) is 0.850. The number of hydrogen-bond acceptors (Lipinski definition) is 1. The van der Waals surface area contributed by atoms with E-state index in [-0.39, 0.29) is 5.41 Å². The van der Waals surface area contributed by atoms with Crippen LogP contribution in [0.1, 0.15) is 46.1 Å². The van der Waals surface area contributed by atoms with Crippen LogP contribution in [0.4, 0.5) is 8.78 Å². The lowest BCUT2D eigenvalue weighted by Gasteiger charge is -2.50. The first-order chi connectivity index (χ1) is 9.32. The molecule has 0 unspecified atom stereocenters. The first kappa shape index (κ1) is 15.4. The molecule has 0 atom stereocenters. The molecule has 20 heavy (non-hydrogen) atoms. The van der Waals surface area contributed by atoms with E-state index in [2.05, 4.69) is 33.0 Å². The highest BCUT2D eigenvalue weighted by molar-refractivity contribution is 5.31. The van der Waals surface area contributed by atoms with Gasteiger partial charge in [0, 0.05) is 24.1 Å². The fourth-order valence-corrected chi connectivity index (χ4v) is 3.16. The highest BCUT2D eigenvalue weighted by atomic mass is 19.1. The molecule has 112 valence electrons. The number of benzene rings is 1. The smallest absolute Gasteiger partial charge is 0.126 e. The van der Waals surface area contributed by atoms with Gasteiger partial charge in [0.25, 0.3) is 0 Å². The molecule has 2 rings (SSSR count). The topological polar surface area (TPSA) is 12.0 Å². The Morgan fingerprint density at radius 3 is 2.10 bits per heavy atom. The third kappa shape index (κ3) is 3.20. The fraction of sp³-hybridized carbons (Fsp3) is 0.647. The van der Waals surface area contributed by atoms with Gasteiger partial charge in [-0.2, -0.15) is 0 Å². The Kier molecular flexibility index (Phi) is 4.48. The molecular weight excluding hydrogens is 256 g/mol. The molecule has 0 amide bonds. The number of rotatable bonds is 5. The average molecular weight is 281 g/mol. The van der Waals surface area contributed by atoms with Crippen LogP contribution in [-0.4, -0.2) is 12.6 Å². The molecule has 1 nitrogen and oxygen atoms in total. The summed E-state index contributed by atoms with van der Waals surface area (Å²) in [5.41, 5.74) is 0.697. The second-order valence-corrected chi connectivity index (χ2v) is 6.89. The molecule has 0 saturated heterocycles. The van der Waals surface area contributed by atoms with Crippen molar-refractivity contribution < 1.29 is 8.78 Å². The largest absolute Gasteiger partial charge is 0.314 e. The Morgan fingerprint density at radius 2 is 1.65 bits per heavy atom. The van der Waals surface area contributed by atoms with Gasteiger partial charge < -0.3 is 5.32 Å². The molecule has 1 aliphatic rings. The van der Waals surface area contributed by atoms with Crippen molar-refractivity contribution >= 4 is 0 Å². The second kappa shape index (κ2) is 5.80. The van der Waals surface area contributed by atoms with Gasteiger partial charge in [0.1, 0.15) is 11.6 Å². The van der Waals surface area contributed by atoms with E-state index in [0.29, 0.717) is 17.9 Å². The molecule has 0 spiro atoms. The summed E-state index contributed by atoms with van der Waals surface area (Å²) >= 11 is 0. The fourth-order valence-electron chi connectivity index (χ4n) is 3.16. The van der Waals surface area contributed by atoms with Gasteiger partial charge in [0.05, 0.1) is 0 Å². The summed E-state index contributed by atoms with van der Waals surface area (Å²) in [7, 11) is 0. The van der Waals surface area contributed by atoms with E-state index in [1.165, 1.54) is 12.1 Å². The predicted octanol–water partition coefficient (Wildman–Crippen LogP) is 4.27. The van der Waals surface area contributed by atoms with E-state index < -0.39 is 11.6 Å². The second-order valence-electron chi connectivity index (χ2n) is 6.89. The van der Waals surface area contributed by atoms with Crippen LogP contribution in [0.3, 0.4) is 0 Å². The van der Waals surface area contributed by atoms with Gasteiger partial charge >= 0.3 is 0 Å². The van der Waals surface area contributed by atoms with Crippen molar-refractivity contribution in [3.63, 3.8) is 0 Å². The highest BCUT2D eigenvalue weighted by Gasteiger charge is 2.46. The maximum atomic E-state index is 13.5. The molecule has 1 N–H and O–H groups in total. The average Bonchev–Trinajstić information content (AvgIpc) is 2.25. The van der Waals surface area contributed by atoms with Gasteiger partial charge in [-0.15, -0.1) is 0 Å². The lowest BCUT2D eigenvalue weighted by Crippen LogP contribution is -2.51. The standard InChI is InChI=1S/C17H25F2N/c1-11(2)13-8-17(9-13,10-20-12(3)4)14-5-15(18)7-16(19)6-14/h5-7,11-13,20H,8-10H2,1-4H3. The van der Waals surface area contributed by atoms with Crippen LogP contribution in [0.25, 0.3) is 0 Å². The molecule has 1 saturated carbocycles. The van der Waals surface area contributed by atoms with Crippen molar-refractivity contribution in [3.05, 3.63) is 35.4 Å². The first-order valence-electron chi connectivity index (χ1n) is 7.52. The van der Waals surface area contributed by atoms with E-state index in [4.69, 9.17) is 0 Å². The molecule has 1 fully saturated rings. The molecule has 1 aliphatic carbocycles.